The third-order valence-electron chi connectivity index (χ3n) is 10.9. The minimum atomic E-state index is 1.11. The van der Waals surface area contributed by atoms with Crippen molar-refractivity contribution in [1.82, 2.24) is 4.57 Å². The Morgan fingerprint density at radius 2 is 1.00 bits per heavy atom. The number of para-hydroxylation sites is 3. The molecule has 0 saturated carbocycles. The highest BCUT2D eigenvalue weighted by molar-refractivity contribution is 6.26. The van der Waals surface area contributed by atoms with E-state index in [1.165, 1.54) is 76.7 Å². The van der Waals surface area contributed by atoms with E-state index in [-0.39, 0.29) is 0 Å². The maximum Gasteiger partial charge on any atom is 0.0561 e. The van der Waals surface area contributed by atoms with E-state index < -0.39 is 0 Å². The Labute approximate surface area is 302 Å². The van der Waals surface area contributed by atoms with Gasteiger partial charge in [-0.25, -0.2) is 0 Å². The normalized spacial score (nSPS) is 11.8. The van der Waals surface area contributed by atoms with Crippen LogP contribution in [0.3, 0.4) is 0 Å². The van der Waals surface area contributed by atoms with Crippen molar-refractivity contribution < 1.29 is 0 Å². The number of anilines is 3. The van der Waals surface area contributed by atoms with Crippen LogP contribution in [0.25, 0.3) is 82.4 Å². The summed E-state index contributed by atoms with van der Waals surface area (Å²) in [5, 5.41) is 7.64. The first kappa shape index (κ1) is 28.9. The molecule has 10 aromatic rings. The lowest BCUT2D eigenvalue weighted by Gasteiger charge is -2.30. The van der Waals surface area contributed by atoms with E-state index in [4.69, 9.17) is 0 Å². The molecule has 0 atom stereocenters. The van der Waals surface area contributed by atoms with Crippen LogP contribution in [-0.2, 0) is 0 Å². The van der Waals surface area contributed by atoms with Crippen molar-refractivity contribution in [3.05, 3.63) is 194 Å². The molecule has 1 aromatic heterocycles. The fourth-order valence-electron chi connectivity index (χ4n) is 8.71. The minimum Gasteiger partial charge on any atom is -0.309 e. The maximum atomic E-state index is 2.51. The summed E-state index contributed by atoms with van der Waals surface area (Å²) in [6.45, 7) is 0. The Morgan fingerprint density at radius 1 is 0.365 bits per heavy atom. The highest BCUT2D eigenvalue weighted by atomic mass is 15.2. The highest BCUT2D eigenvalue weighted by Crippen LogP contribution is 2.56. The largest absolute Gasteiger partial charge is 0.309 e. The van der Waals surface area contributed by atoms with Crippen LogP contribution < -0.4 is 4.90 Å². The highest BCUT2D eigenvalue weighted by Gasteiger charge is 2.30. The van der Waals surface area contributed by atoms with Gasteiger partial charge in [0.25, 0.3) is 0 Å². The van der Waals surface area contributed by atoms with Crippen molar-refractivity contribution in [1.29, 1.82) is 0 Å². The van der Waals surface area contributed by atoms with Crippen LogP contribution in [0.2, 0.25) is 0 Å². The molecule has 1 aliphatic carbocycles. The Bertz CT molecular complexity index is 3010. The number of aromatic nitrogens is 1. The summed E-state index contributed by atoms with van der Waals surface area (Å²) in [5.74, 6) is 0. The standard InChI is InChI=1S/C50H32N2/c1-3-15-33(16-4-1)38-21-9-11-26-44(38)52(37-29-30-41-40-23-10-12-27-45(40)51(47(41)32-37)36-19-5-2-6-20-36)46-28-14-25-43-42-24-13-18-35-31-34-17-7-8-22-39(34)50(48(35)42)49(43)46/h1-32H. The number of nitrogens with zero attached hydrogens (tertiary/aromatic N) is 2. The van der Waals surface area contributed by atoms with Crippen LogP contribution in [0, 0.1) is 0 Å². The molecule has 1 aliphatic rings. The average Bonchev–Trinajstić information content (AvgIpc) is 3.73. The third kappa shape index (κ3) is 4.19. The van der Waals surface area contributed by atoms with E-state index in [1.54, 1.807) is 0 Å². The van der Waals surface area contributed by atoms with Crippen LogP contribution in [0.4, 0.5) is 17.1 Å². The Morgan fingerprint density at radius 3 is 1.88 bits per heavy atom. The molecule has 9 aromatic carbocycles. The number of benzene rings is 9. The molecule has 11 rings (SSSR count). The first-order valence-corrected chi connectivity index (χ1v) is 17.9. The topological polar surface area (TPSA) is 8.17 Å². The monoisotopic (exact) mass is 660 g/mol. The fourth-order valence-corrected chi connectivity index (χ4v) is 8.71. The van der Waals surface area contributed by atoms with E-state index >= 15 is 0 Å². The minimum absolute atomic E-state index is 1.11. The smallest absolute Gasteiger partial charge is 0.0561 e. The van der Waals surface area contributed by atoms with Gasteiger partial charge in [0, 0.05) is 38.8 Å². The van der Waals surface area contributed by atoms with Crippen molar-refractivity contribution in [3.63, 3.8) is 0 Å². The molecule has 2 heteroatoms. The van der Waals surface area contributed by atoms with Crippen LogP contribution in [0.15, 0.2) is 194 Å². The summed E-state index contributed by atoms with van der Waals surface area (Å²) >= 11 is 0. The summed E-state index contributed by atoms with van der Waals surface area (Å²) in [7, 11) is 0. The SMILES string of the molecule is c1ccc(-c2ccccc2N(c2ccc3c4ccccc4n(-c4ccccc4)c3c2)c2cccc3c2-c2c4ccccc4cc4cccc-3c24)cc1. The summed E-state index contributed by atoms with van der Waals surface area (Å²) in [6, 6.07) is 71.0. The van der Waals surface area contributed by atoms with Crippen molar-refractivity contribution in [2.45, 2.75) is 0 Å². The second-order valence-corrected chi connectivity index (χ2v) is 13.7. The molecule has 0 amide bonds. The first-order valence-electron chi connectivity index (χ1n) is 17.9. The van der Waals surface area contributed by atoms with Crippen LogP contribution in [0.5, 0.6) is 0 Å². The van der Waals surface area contributed by atoms with E-state index in [1.807, 2.05) is 0 Å². The maximum absolute atomic E-state index is 2.51. The molecule has 0 unspecified atom stereocenters. The Kier molecular flexibility index (Phi) is 6.28. The lowest BCUT2D eigenvalue weighted by atomic mass is 9.94. The molecular weight excluding hydrogens is 629 g/mol. The number of fused-ring (bicyclic) bond motifs is 8. The molecule has 0 radical (unpaired) electrons. The van der Waals surface area contributed by atoms with Crippen molar-refractivity contribution in [3.8, 4) is 39.1 Å². The fraction of sp³-hybridized carbons (Fsp3) is 0. The second-order valence-electron chi connectivity index (χ2n) is 13.7. The van der Waals surface area contributed by atoms with Crippen LogP contribution in [0.1, 0.15) is 0 Å². The van der Waals surface area contributed by atoms with Crippen molar-refractivity contribution in [2.75, 3.05) is 4.90 Å². The molecule has 1 heterocycles. The molecule has 0 bridgehead atoms. The van der Waals surface area contributed by atoms with Gasteiger partial charge in [0.1, 0.15) is 0 Å². The average molecular weight is 661 g/mol. The van der Waals surface area contributed by atoms with Crippen LogP contribution in [-0.4, -0.2) is 4.57 Å². The summed E-state index contributed by atoms with van der Waals surface area (Å²) < 4.78 is 2.41. The molecule has 52 heavy (non-hydrogen) atoms. The van der Waals surface area contributed by atoms with Gasteiger partial charge < -0.3 is 9.47 Å². The first-order chi connectivity index (χ1) is 25.8. The molecule has 0 aliphatic heterocycles. The quantitative estimate of drug-likeness (QED) is 0.167. The zero-order chi connectivity index (χ0) is 34.2. The predicted molar refractivity (Wildman–Crippen MR) is 220 cm³/mol. The molecule has 0 spiro atoms. The van der Waals surface area contributed by atoms with Gasteiger partial charge in [-0.2, -0.15) is 0 Å². The lowest BCUT2D eigenvalue weighted by molar-refractivity contribution is 1.18. The lowest BCUT2D eigenvalue weighted by Crippen LogP contribution is -2.12. The van der Waals surface area contributed by atoms with Gasteiger partial charge in [-0.1, -0.05) is 146 Å². The van der Waals surface area contributed by atoms with Gasteiger partial charge in [0.15, 0.2) is 0 Å². The van der Waals surface area contributed by atoms with Gasteiger partial charge in [0.05, 0.1) is 22.4 Å². The van der Waals surface area contributed by atoms with Gasteiger partial charge >= 0.3 is 0 Å². The summed E-state index contributed by atoms with van der Waals surface area (Å²) in [6.07, 6.45) is 0. The Hall–Kier alpha value is -6.90. The van der Waals surface area contributed by atoms with Gasteiger partial charge in [-0.15, -0.1) is 0 Å². The number of hydrogen-bond donors (Lipinski definition) is 0. The Balaban J connectivity index is 1.26. The van der Waals surface area contributed by atoms with E-state index in [0.29, 0.717) is 0 Å². The van der Waals surface area contributed by atoms with Crippen molar-refractivity contribution in [2.24, 2.45) is 0 Å². The molecule has 2 nitrogen and oxygen atoms in total. The van der Waals surface area contributed by atoms with Gasteiger partial charge in [0.2, 0.25) is 0 Å². The van der Waals surface area contributed by atoms with Crippen molar-refractivity contribution >= 4 is 60.4 Å². The molecule has 0 fully saturated rings. The summed E-state index contributed by atoms with van der Waals surface area (Å²) in [4.78, 5) is 2.51. The van der Waals surface area contributed by atoms with Gasteiger partial charge in [-0.3, -0.25) is 0 Å². The van der Waals surface area contributed by atoms with E-state index in [2.05, 4.69) is 204 Å². The summed E-state index contributed by atoms with van der Waals surface area (Å²) in [5.41, 5.74) is 14.5. The second kappa shape index (κ2) is 11.3. The molecule has 0 saturated heterocycles. The zero-order valence-corrected chi connectivity index (χ0v) is 28.4. The molecule has 0 N–H and O–H groups in total. The number of hydrogen-bond acceptors (Lipinski definition) is 1. The number of rotatable bonds is 5. The zero-order valence-electron chi connectivity index (χ0n) is 28.4. The van der Waals surface area contributed by atoms with Crippen LogP contribution >= 0.6 is 0 Å². The third-order valence-corrected chi connectivity index (χ3v) is 10.9. The molecule has 242 valence electrons. The van der Waals surface area contributed by atoms with Gasteiger partial charge in [-0.05, 0) is 86.8 Å². The van der Waals surface area contributed by atoms with E-state index in [0.717, 1.165) is 22.7 Å². The molecular formula is C50H32N2. The predicted octanol–water partition coefficient (Wildman–Crippen LogP) is 13.9. The van der Waals surface area contributed by atoms with E-state index in [9.17, 15) is 0 Å².